The molecule has 1 fully saturated rings. The van der Waals surface area contributed by atoms with E-state index in [2.05, 4.69) is 5.32 Å². The monoisotopic (exact) mass is 413 g/mol. The summed E-state index contributed by atoms with van der Waals surface area (Å²) in [5, 5.41) is 3.02. The fourth-order valence-electron chi connectivity index (χ4n) is 3.57. The van der Waals surface area contributed by atoms with Gasteiger partial charge in [-0.15, -0.1) is 0 Å². The van der Waals surface area contributed by atoms with Crippen molar-refractivity contribution < 1.29 is 23.8 Å². The number of anilines is 1. The van der Waals surface area contributed by atoms with Crippen LogP contribution >= 0.6 is 0 Å². The first kappa shape index (κ1) is 21.3. The number of hydrogen-bond donors (Lipinski definition) is 2. The van der Waals surface area contributed by atoms with Gasteiger partial charge in [0.2, 0.25) is 5.75 Å². The van der Waals surface area contributed by atoms with Gasteiger partial charge in [-0.3, -0.25) is 9.59 Å². The Kier molecular flexibility index (Phi) is 6.66. The number of nitrogen functional groups attached to an aromatic ring is 1. The Balaban J connectivity index is 1.71. The van der Waals surface area contributed by atoms with Crippen LogP contribution in [-0.4, -0.2) is 57.2 Å². The normalized spacial score (nSPS) is 16.0. The number of hydrogen-bond acceptors (Lipinski definition) is 6. The summed E-state index contributed by atoms with van der Waals surface area (Å²) in [7, 11) is 4.51. The van der Waals surface area contributed by atoms with Crippen molar-refractivity contribution >= 4 is 17.5 Å². The molecule has 8 nitrogen and oxygen atoms in total. The van der Waals surface area contributed by atoms with E-state index >= 15 is 0 Å². The molecule has 1 aliphatic heterocycles. The fraction of sp³-hybridized carbons (Fsp3) is 0.364. The molecule has 3 N–H and O–H groups in total. The summed E-state index contributed by atoms with van der Waals surface area (Å²) in [5.41, 5.74) is 7.29. The zero-order valence-electron chi connectivity index (χ0n) is 17.4. The van der Waals surface area contributed by atoms with Crippen LogP contribution in [0.1, 0.15) is 33.6 Å². The van der Waals surface area contributed by atoms with E-state index in [4.69, 9.17) is 19.9 Å². The van der Waals surface area contributed by atoms with Crippen molar-refractivity contribution in [3.8, 4) is 17.2 Å². The molecular weight excluding hydrogens is 386 g/mol. The molecule has 1 heterocycles. The summed E-state index contributed by atoms with van der Waals surface area (Å²) in [5.74, 6) is 0.911. The van der Waals surface area contributed by atoms with E-state index in [0.717, 1.165) is 12.8 Å². The van der Waals surface area contributed by atoms with E-state index in [1.807, 2.05) is 0 Å². The van der Waals surface area contributed by atoms with Crippen LogP contribution in [-0.2, 0) is 0 Å². The number of nitrogens with zero attached hydrogens (tertiary/aromatic N) is 1. The van der Waals surface area contributed by atoms with Crippen LogP contribution in [0, 0.1) is 0 Å². The van der Waals surface area contributed by atoms with E-state index in [0.29, 0.717) is 47.2 Å². The van der Waals surface area contributed by atoms with Crippen molar-refractivity contribution in [2.75, 3.05) is 40.2 Å². The third kappa shape index (κ3) is 4.59. The van der Waals surface area contributed by atoms with Crippen molar-refractivity contribution in [2.45, 2.75) is 18.9 Å². The van der Waals surface area contributed by atoms with E-state index in [1.54, 1.807) is 41.3 Å². The van der Waals surface area contributed by atoms with Gasteiger partial charge in [-0.1, -0.05) is 0 Å². The second kappa shape index (κ2) is 9.39. The lowest BCUT2D eigenvalue weighted by Gasteiger charge is -2.33. The van der Waals surface area contributed by atoms with Gasteiger partial charge in [0.15, 0.2) is 11.5 Å². The second-order valence-electron chi connectivity index (χ2n) is 7.10. The predicted octanol–water partition coefficient (Wildman–Crippen LogP) is 2.33. The Morgan fingerprint density at radius 1 is 1.00 bits per heavy atom. The minimum atomic E-state index is -0.263. The van der Waals surface area contributed by atoms with Crippen LogP contribution in [0.3, 0.4) is 0 Å². The number of nitrogens with one attached hydrogen (secondary N) is 1. The Hall–Kier alpha value is -3.42. The van der Waals surface area contributed by atoms with Gasteiger partial charge in [0.25, 0.3) is 11.8 Å². The zero-order chi connectivity index (χ0) is 21.7. The molecule has 0 bridgehead atoms. The fourth-order valence-corrected chi connectivity index (χ4v) is 3.57. The van der Waals surface area contributed by atoms with Crippen molar-refractivity contribution in [3.05, 3.63) is 47.5 Å². The van der Waals surface area contributed by atoms with Gasteiger partial charge in [0.1, 0.15) is 0 Å². The maximum absolute atomic E-state index is 12.9. The van der Waals surface area contributed by atoms with Crippen LogP contribution in [0.25, 0.3) is 0 Å². The predicted molar refractivity (Wildman–Crippen MR) is 113 cm³/mol. The van der Waals surface area contributed by atoms with E-state index in [-0.39, 0.29) is 17.9 Å². The van der Waals surface area contributed by atoms with Crippen LogP contribution in [0.4, 0.5) is 5.69 Å². The molecule has 0 aliphatic carbocycles. The highest BCUT2D eigenvalue weighted by Gasteiger charge is 2.26. The zero-order valence-corrected chi connectivity index (χ0v) is 17.4. The molecule has 2 aromatic carbocycles. The van der Waals surface area contributed by atoms with Gasteiger partial charge in [-0.25, -0.2) is 0 Å². The number of nitrogens with two attached hydrogens (primary N) is 1. The van der Waals surface area contributed by atoms with Gasteiger partial charge in [-0.05, 0) is 49.2 Å². The summed E-state index contributed by atoms with van der Waals surface area (Å²) in [6.45, 7) is 1.10. The highest BCUT2D eigenvalue weighted by molar-refractivity contribution is 5.96. The lowest BCUT2D eigenvalue weighted by molar-refractivity contribution is 0.0676. The van der Waals surface area contributed by atoms with Crippen LogP contribution < -0.4 is 25.3 Å². The lowest BCUT2D eigenvalue weighted by atomic mass is 10.0. The van der Waals surface area contributed by atoms with Gasteiger partial charge in [0.05, 0.1) is 21.3 Å². The second-order valence-corrected chi connectivity index (χ2v) is 7.10. The Labute approximate surface area is 175 Å². The summed E-state index contributed by atoms with van der Waals surface area (Å²) in [4.78, 5) is 27.4. The highest BCUT2D eigenvalue weighted by atomic mass is 16.5. The minimum Gasteiger partial charge on any atom is -0.493 e. The van der Waals surface area contributed by atoms with E-state index in [9.17, 15) is 9.59 Å². The average molecular weight is 413 g/mol. The summed E-state index contributed by atoms with van der Waals surface area (Å²) < 4.78 is 15.9. The molecule has 2 aromatic rings. The quantitative estimate of drug-likeness (QED) is 0.705. The molecule has 0 saturated carbocycles. The molecule has 0 spiro atoms. The van der Waals surface area contributed by atoms with Gasteiger partial charge >= 0.3 is 0 Å². The minimum absolute atomic E-state index is 0.0678. The lowest BCUT2D eigenvalue weighted by Crippen LogP contribution is -2.49. The smallest absolute Gasteiger partial charge is 0.253 e. The van der Waals surface area contributed by atoms with Crippen molar-refractivity contribution in [3.63, 3.8) is 0 Å². The number of piperidine rings is 1. The van der Waals surface area contributed by atoms with Crippen LogP contribution in [0.5, 0.6) is 17.2 Å². The number of rotatable bonds is 6. The van der Waals surface area contributed by atoms with Gasteiger partial charge < -0.3 is 30.2 Å². The highest BCUT2D eigenvalue weighted by Crippen LogP contribution is 2.38. The SMILES string of the molecule is COc1cc(C(=O)NC2CCCN(C(=O)c3ccc(N)cc3)C2)cc(OC)c1OC. The molecule has 1 aliphatic rings. The van der Waals surface area contributed by atoms with Crippen molar-refractivity contribution in [1.29, 1.82) is 0 Å². The summed E-state index contributed by atoms with van der Waals surface area (Å²) in [6.07, 6.45) is 1.60. The first-order valence-electron chi connectivity index (χ1n) is 9.72. The number of likely N-dealkylation sites (tertiary alicyclic amines) is 1. The molecule has 1 atom stereocenters. The molecule has 30 heavy (non-hydrogen) atoms. The Bertz CT molecular complexity index is 888. The number of carbonyl (C=O) groups is 2. The molecule has 1 saturated heterocycles. The molecule has 160 valence electrons. The summed E-state index contributed by atoms with van der Waals surface area (Å²) >= 11 is 0. The van der Waals surface area contributed by atoms with Crippen molar-refractivity contribution in [2.24, 2.45) is 0 Å². The van der Waals surface area contributed by atoms with Crippen molar-refractivity contribution in [1.82, 2.24) is 10.2 Å². The largest absolute Gasteiger partial charge is 0.493 e. The molecular formula is C22H27N3O5. The number of ether oxygens (including phenoxy) is 3. The van der Waals surface area contributed by atoms with Crippen LogP contribution in [0.2, 0.25) is 0 Å². The van der Waals surface area contributed by atoms with Gasteiger partial charge in [0, 0.05) is 35.9 Å². The molecule has 1 unspecified atom stereocenters. The van der Waals surface area contributed by atoms with Crippen LogP contribution in [0.15, 0.2) is 36.4 Å². The number of benzene rings is 2. The van der Waals surface area contributed by atoms with E-state index in [1.165, 1.54) is 21.3 Å². The van der Waals surface area contributed by atoms with Gasteiger partial charge in [-0.2, -0.15) is 0 Å². The maximum Gasteiger partial charge on any atom is 0.253 e. The number of methoxy groups -OCH3 is 3. The number of amides is 2. The molecule has 0 aromatic heterocycles. The first-order valence-corrected chi connectivity index (χ1v) is 9.72. The average Bonchev–Trinajstić information content (AvgIpc) is 2.78. The Morgan fingerprint density at radius 2 is 1.63 bits per heavy atom. The standard InChI is InChI=1S/C22H27N3O5/c1-28-18-11-15(12-19(29-2)20(18)30-3)21(26)24-17-5-4-10-25(13-17)22(27)14-6-8-16(23)9-7-14/h6-9,11-12,17H,4-5,10,13,23H2,1-3H3,(H,24,26). The Morgan fingerprint density at radius 3 is 2.20 bits per heavy atom. The number of carbonyl (C=O) groups excluding carboxylic acids is 2. The molecule has 0 radical (unpaired) electrons. The maximum atomic E-state index is 12.9. The molecule has 8 heteroatoms. The first-order chi connectivity index (χ1) is 14.5. The molecule has 2 amide bonds. The van der Waals surface area contributed by atoms with E-state index < -0.39 is 0 Å². The summed E-state index contributed by atoms with van der Waals surface area (Å²) in [6, 6.07) is 9.92. The molecule has 3 rings (SSSR count). The third-order valence-electron chi connectivity index (χ3n) is 5.13. The third-order valence-corrected chi connectivity index (χ3v) is 5.13. The topological polar surface area (TPSA) is 103 Å².